The maximum Gasteiger partial charge on any atom is 0.243 e. The molecule has 1 saturated carbocycles. The van der Waals surface area contributed by atoms with Crippen molar-refractivity contribution in [2.45, 2.75) is 68.3 Å². The number of carbonyl (C=O) groups is 1. The van der Waals surface area contributed by atoms with Crippen LogP contribution in [-0.2, 0) is 21.2 Å². The third kappa shape index (κ3) is 7.42. The van der Waals surface area contributed by atoms with E-state index >= 15 is 0 Å². The summed E-state index contributed by atoms with van der Waals surface area (Å²) in [5.74, 6) is 0.664. The Balaban J connectivity index is 1.31. The number of nitrogens with zero attached hydrogens (tertiary/aromatic N) is 1. The molecule has 9 nitrogen and oxygen atoms in total. The highest BCUT2D eigenvalue weighted by Crippen LogP contribution is 2.30. The Bertz CT molecular complexity index is 1340. The van der Waals surface area contributed by atoms with Gasteiger partial charge in [0.15, 0.2) is 0 Å². The summed E-state index contributed by atoms with van der Waals surface area (Å²) in [5.41, 5.74) is 8.20. The van der Waals surface area contributed by atoms with Crippen LogP contribution in [0, 0.1) is 5.92 Å². The van der Waals surface area contributed by atoms with E-state index in [9.17, 15) is 18.3 Å². The van der Waals surface area contributed by atoms with Gasteiger partial charge < -0.3 is 25.9 Å². The molecule has 1 fully saturated rings. The van der Waals surface area contributed by atoms with E-state index in [1.54, 1.807) is 24.3 Å². The number of ether oxygens (including phenoxy) is 1. The highest BCUT2D eigenvalue weighted by Gasteiger charge is 2.33. The van der Waals surface area contributed by atoms with E-state index in [1.807, 2.05) is 30.5 Å². The fraction of sp³-hybridized carbons (Fsp3) is 0.500. The number of fused-ring (bicyclic) bond motifs is 1. The number of carbonyl (C=O) groups excluding carboxylic acids is 1. The fourth-order valence-electron chi connectivity index (χ4n) is 5.58. The molecule has 1 aromatic heterocycles. The number of nitrogens with two attached hydrogens (primary N) is 1. The lowest BCUT2D eigenvalue weighted by atomic mass is 10.0. The smallest absolute Gasteiger partial charge is 0.243 e. The molecule has 2 atom stereocenters. The second kappa shape index (κ2) is 14.1. The predicted molar refractivity (Wildman–Crippen MR) is 157 cm³/mol. The highest BCUT2D eigenvalue weighted by atomic mass is 32.2. The van der Waals surface area contributed by atoms with Crippen LogP contribution in [0.15, 0.2) is 59.6 Å². The molecule has 0 bridgehead atoms. The monoisotopic (exact) mass is 570 g/mol. The number of methoxy groups -OCH3 is 1. The number of hydrogen-bond donors (Lipinski definition) is 4. The van der Waals surface area contributed by atoms with Crippen LogP contribution in [0.5, 0.6) is 5.75 Å². The molecule has 2 aromatic carbocycles. The summed E-state index contributed by atoms with van der Waals surface area (Å²) in [6.45, 7) is 0.579. The summed E-state index contributed by atoms with van der Waals surface area (Å²) in [6, 6.07) is 13.1. The van der Waals surface area contributed by atoms with Gasteiger partial charge in [-0.1, -0.05) is 37.5 Å². The van der Waals surface area contributed by atoms with E-state index in [2.05, 4.69) is 10.3 Å². The van der Waals surface area contributed by atoms with Crippen LogP contribution in [0.3, 0.4) is 0 Å². The zero-order valence-corrected chi connectivity index (χ0v) is 24.0. The minimum absolute atomic E-state index is 0.196. The number of benzene rings is 2. The van der Waals surface area contributed by atoms with Gasteiger partial charge in [0.1, 0.15) is 5.75 Å². The maximum atomic E-state index is 13.7. The number of aromatic amines is 1. The second-order valence-corrected chi connectivity index (χ2v) is 12.6. The Morgan fingerprint density at radius 3 is 2.58 bits per heavy atom. The van der Waals surface area contributed by atoms with Crippen molar-refractivity contribution in [2.24, 2.45) is 11.7 Å². The minimum atomic E-state index is -3.80. The first-order chi connectivity index (χ1) is 19.3. The molecule has 0 radical (unpaired) electrons. The largest absolute Gasteiger partial charge is 0.497 e. The Morgan fingerprint density at radius 2 is 1.88 bits per heavy atom. The molecule has 3 aromatic rings. The van der Waals surface area contributed by atoms with Gasteiger partial charge in [-0.15, -0.1) is 0 Å². The van der Waals surface area contributed by atoms with Crippen molar-refractivity contribution < 1.29 is 23.1 Å². The van der Waals surface area contributed by atoms with Crippen molar-refractivity contribution in [2.75, 3.05) is 26.8 Å². The molecule has 5 N–H and O–H groups in total. The molecule has 0 spiro atoms. The molecule has 1 heterocycles. The van der Waals surface area contributed by atoms with Crippen LogP contribution in [0.2, 0.25) is 0 Å². The number of rotatable bonds is 15. The topological polar surface area (TPSA) is 138 Å². The Hall–Kier alpha value is -2.92. The number of unbranched alkanes of at least 4 members (excludes halogenated alkanes) is 1. The van der Waals surface area contributed by atoms with E-state index in [0.717, 1.165) is 42.1 Å². The van der Waals surface area contributed by atoms with Crippen molar-refractivity contribution in [1.82, 2.24) is 14.6 Å². The summed E-state index contributed by atoms with van der Waals surface area (Å²) in [7, 11) is -2.26. The molecule has 1 aliphatic carbocycles. The van der Waals surface area contributed by atoms with Crippen LogP contribution in [0.1, 0.15) is 50.5 Å². The van der Waals surface area contributed by atoms with Crippen LogP contribution in [0.4, 0.5) is 0 Å². The van der Waals surface area contributed by atoms with E-state index < -0.39 is 22.1 Å². The number of aliphatic hydroxyl groups is 1. The van der Waals surface area contributed by atoms with Crippen LogP contribution >= 0.6 is 0 Å². The summed E-state index contributed by atoms with van der Waals surface area (Å²) in [6.07, 6.45) is 8.33. The quantitative estimate of drug-likeness (QED) is 0.206. The number of H-pyrrole nitrogens is 1. The predicted octanol–water partition coefficient (Wildman–Crippen LogP) is 3.57. The molecule has 1 unspecified atom stereocenters. The van der Waals surface area contributed by atoms with Gasteiger partial charge in [0.25, 0.3) is 0 Å². The van der Waals surface area contributed by atoms with Gasteiger partial charge in [-0.25, -0.2) is 8.42 Å². The fourth-order valence-corrected chi connectivity index (χ4v) is 7.30. The van der Waals surface area contributed by atoms with Crippen LogP contribution in [-0.4, -0.2) is 67.6 Å². The van der Waals surface area contributed by atoms with Crippen molar-refractivity contribution >= 4 is 26.8 Å². The number of nitrogens with one attached hydrogen (secondary N) is 2. The summed E-state index contributed by atoms with van der Waals surface area (Å²) >= 11 is 0. The van der Waals surface area contributed by atoms with Gasteiger partial charge in [-0.3, -0.25) is 4.79 Å². The van der Waals surface area contributed by atoms with Crippen molar-refractivity contribution in [1.29, 1.82) is 0 Å². The third-order valence-electron chi connectivity index (χ3n) is 7.91. The number of amides is 1. The number of hydrogen-bond acceptors (Lipinski definition) is 6. The van der Waals surface area contributed by atoms with E-state index in [0.29, 0.717) is 50.4 Å². The van der Waals surface area contributed by atoms with Gasteiger partial charge in [0, 0.05) is 36.2 Å². The van der Waals surface area contributed by atoms with Gasteiger partial charge in [0.05, 0.1) is 24.7 Å². The third-order valence-corrected chi connectivity index (χ3v) is 9.84. The van der Waals surface area contributed by atoms with Crippen molar-refractivity contribution in [3.8, 4) is 5.75 Å². The average molecular weight is 571 g/mol. The Labute approximate surface area is 237 Å². The standard InChI is InChI=1S/C30H42N4O5S/c1-39-25-13-15-26(16-14-25)40(37,38)34(20-22-8-2-3-9-22)24(21-35)10-6-7-17-32-30(36)28(31)18-23-19-33-29-12-5-4-11-27(23)29/h4-5,11-16,19,22,24,28,33,35H,2-3,6-10,17-18,20-21,31H2,1H3,(H,32,36)/t24?,28-/m0/s1. The Kier molecular flexibility index (Phi) is 10.6. The number of aromatic nitrogens is 1. The van der Waals surface area contributed by atoms with Gasteiger partial charge >= 0.3 is 0 Å². The zero-order valence-electron chi connectivity index (χ0n) is 23.2. The lowest BCUT2D eigenvalue weighted by Crippen LogP contribution is -2.45. The number of para-hydroxylation sites is 1. The lowest BCUT2D eigenvalue weighted by Gasteiger charge is -2.32. The number of aliphatic hydroxyl groups excluding tert-OH is 1. The molecule has 1 aliphatic rings. The second-order valence-electron chi connectivity index (χ2n) is 10.7. The zero-order chi connectivity index (χ0) is 28.5. The summed E-state index contributed by atoms with van der Waals surface area (Å²) < 4.78 is 34.1. The molecule has 40 heavy (non-hydrogen) atoms. The molecule has 1 amide bonds. The summed E-state index contributed by atoms with van der Waals surface area (Å²) in [4.78, 5) is 16.0. The maximum absolute atomic E-state index is 13.7. The van der Waals surface area contributed by atoms with Gasteiger partial charge in [-0.2, -0.15) is 4.31 Å². The van der Waals surface area contributed by atoms with Gasteiger partial charge in [-0.05, 0) is 73.9 Å². The summed E-state index contributed by atoms with van der Waals surface area (Å²) in [5, 5.41) is 14.2. The first kappa shape index (κ1) is 30.0. The van der Waals surface area contributed by atoms with E-state index in [-0.39, 0.29) is 17.4 Å². The van der Waals surface area contributed by atoms with E-state index in [4.69, 9.17) is 10.5 Å². The first-order valence-corrected chi connectivity index (χ1v) is 15.6. The number of sulfonamides is 1. The van der Waals surface area contributed by atoms with Crippen molar-refractivity contribution in [3.63, 3.8) is 0 Å². The SMILES string of the molecule is COc1ccc(S(=O)(=O)N(CC2CCCC2)C(CO)CCCCNC(=O)[C@@H](N)Cc2c[nH]c3ccccc23)cc1. The minimum Gasteiger partial charge on any atom is -0.497 e. The first-order valence-electron chi connectivity index (χ1n) is 14.2. The molecule has 0 aliphatic heterocycles. The normalized spacial score (nSPS) is 15.9. The molecular weight excluding hydrogens is 528 g/mol. The molecule has 10 heteroatoms. The highest BCUT2D eigenvalue weighted by molar-refractivity contribution is 7.89. The van der Waals surface area contributed by atoms with Crippen LogP contribution in [0.25, 0.3) is 10.9 Å². The molecular formula is C30H42N4O5S. The van der Waals surface area contributed by atoms with Crippen molar-refractivity contribution in [3.05, 3.63) is 60.3 Å². The van der Waals surface area contributed by atoms with E-state index in [1.165, 1.54) is 11.4 Å². The Morgan fingerprint density at radius 1 is 1.15 bits per heavy atom. The molecule has 218 valence electrons. The van der Waals surface area contributed by atoms with Crippen LogP contribution < -0.4 is 15.8 Å². The van der Waals surface area contributed by atoms with Gasteiger partial charge in [0.2, 0.25) is 15.9 Å². The molecule has 4 rings (SSSR count). The lowest BCUT2D eigenvalue weighted by molar-refractivity contribution is -0.122. The average Bonchev–Trinajstić information content (AvgIpc) is 3.64. The molecule has 0 saturated heterocycles.